The maximum absolute atomic E-state index is 12.0. The van der Waals surface area contributed by atoms with Crippen LogP contribution in [0, 0.1) is 5.41 Å². The van der Waals surface area contributed by atoms with Crippen molar-refractivity contribution >= 4 is 19.7 Å². The lowest BCUT2D eigenvalue weighted by atomic mass is 9.72. The number of carboxylic acid groups (broad SMARTS) is 1. The lowest BCUT2D eigenvalue weighted by molar-refractivity contribution is -0.142. The van der Waals surface area contributed by atoms with Crippen LogP contribution in [0.4, 0.5) is 0 Å². The largest absolute Gasteiger partial charge is 0.480 e. The molecule has 0 radical (unpaired) electrons. The van der Waals surface area contributed by atoms with Gasteiger partial charge in [-0.25, -0.2) is 9.36 Å². The first-order valence-electron chi connectivity index (χ1n) is 10.4. The molecule has 1 amide bonds. The third kappa shape index (κ3) is 10.4. The molecule has 0 heterocycles. The Bertz CT molecular complexity index is 903. The Labute approximate surface area is 189 Å². The van der Waals surface area contributed by atoms with Gasteiger partial charge in [0, 0.05) is 6.08 Å². The van der Waals surface area contributed by atoms with Gasteiger partial charge in [-0.05, 0) is 56.6 Å². The van der Waals surface area contributed by atoms with Crippen molar-refractivity contribution in [3.63, 3.8) is 0 Å². The second-order valence-corrected chi connectivity index (χ2v) is 9.85. The van der Waals surface area contributed by atoms with E-state index in [0.29, 0.717) is 5.57 Å². The van der Waals surface area contributed by atoms with E-state index in [1.54, 1.807) is 19.1 Å². The first kappa shape index (κ1) is 27.8. The van der Waals surface area contributed by atoms with Gasteiger partial charge >= 0.3 is 13.8 Å². The van der Waals surface area contributed by atoms with Crippen molar-refractivity contribution in [1.29, 1.82) is 0 Å². The monoisotopic (exact) mass is 467 g/mol. The molecule has 178 valence electrons. The van der Waals surface area contributed by atoms with E-state index in [1.807, 2.05) is 13.0 Å². The molecule has 0 saturated carbocycles. The molecule has 1 atom stereocenters. The highest BCUT2D eigenvalue weighted by molar-refractivity contribution is 7.46. The van der Waals surface area contributed by atoms with Crippen molar-refractivity contribution in [2.45, 2.75) is 59.9 Å². The molecule has 4 N–H and O–H groups in total. The molecule has 32 heavy (non-hydrogen) atoms. The number of phosphoric acid groups is 1. The molecule has 0 saturated heterocycles. The zero-order valence-electron chi connectivity index (χ0n) is 19.3. The maximum atomic E-state index is 12.0. The lowest BCUT2D eigenvalue weighted by Crippen LogP contribution is -2.43. The van der Waals surface area contributed by atoms with Gasteiger partial charge in [-0.2, -0.15) is 0 Å². The molecule has 0 aromatic carbocycles. The summed E-state index contributed by atoms with van der Waals surface area (Å²) in [5.74, 6) is -2.18. The molecule has 9 heteroatoms. The van der Waals surface area contributed by atoms with Gasteiger partial charge in [-0.3, -0.25) is 9.32 Å². The number of carboxylic acids is 1. The second-order valence-electron chi connectivity index (χ2n) is 8.61. The number of aliphatic carboxylic acids is 1. The summed E-state index contributed by atoms with van der Waals surface area (Å²) in [7, 11) is -4.84. The van der Waals surface area contributed by atoms with E-state index in [9.17, 15) is 14.2 Å². The Kier molecular flexibility index (Phi) is 10.5. The molecule has 1 rings (SSSR count). The molecule has 1 aliphatic rings. The lowest BCUT2D eigenvalue weighted by Gasteiger charge is -2.32. The highest BCUT2D eigenvalue weighted by Gasteiger charge is 2.26. The minimum Gasteiger partial charge on any atom is -0.480 e. The van der Waals surface area contributed by atoms with Gasteiger partial charge in [0.15, 0.2) is 6.04 Å². The maximum Gasteiger partial charge on any atom is 0.469 e. The fraction of sp³-hybridized carbons (Fsp3) is 0.478. The number of carbonyl (C=O) groups is 2. The van der Waals surface area contributed by atoms with Crippen LogP contribution in [-0.4, -0.2) is 39.4 Å². The summed E-state index contributed by atoms with van der Waals surface area (Å²) in [4.78, 5) is 40.5. The standard InChI is InChI=1S/C23H34NO7P/c1-16(11-12-19-18(3)10-7-13-23(19,4)5)8-6-9-17(2)14-21(25)24-20(22(26)27)15-31-32(28,29)30/h6,8-9,11-12,14,20H,7,10,13,15H2,1-5H3,(H,24,25)(H,26,27)(H2,28,29,30)/b9-6+,12-11+,16-8+,17-14+. The van der Waals surface area contributed by atoms with Crippen LogP contribution in [0.15, 0.2) is 58.7 Å². The first-order valence-corrected chi connectivity index (χ1v) is 11.9. The molecule has 1 unspecified atom stereocenters. The van der Waals surface area contributed by atoms with Crippen LogP contribution in [0.5, 0.6) is 0 Å². The Balaban J connectivity index is 2.73. The van der Waals surface area contributed by atoms with E-state index in [1.165, 1.54) is 30.1 Å². The van der Waals surface area contributed by atoms with Crippen LogP contribution in [0.1, 0.15) is 53.9 Å². The number of rotatable bonds is 10. The number of phosphoric ester groups is 1. The molecule has 1 aliphatic carbocycles. The van der Waals surface area contributed by atoms with Gasteiger partial charge in [0.05, 0.1) is 6.61 Å². The number of hydrogen-bond acceptors (Lipinski definition) is 4. The average Bonchev–Trinajstić information content (AvgIpc) is 2.63. The van der Waals surface area contributed by atoms with E-state index in [4.69, 9.17) is 14.9 Å². The molecule has 8 nitrogen and oxygen atoms in total. The summed E-state index contributed by atoms with van der Waals surface area (Å²) in [6.45, 7) is 9.52. The summed E-state index contributed by atoms with van der Waals surface area (Å²) >= 11 is 0. The van der Waals surface area contributed by atoms with Crippen LogP contribution in [0.25, 0.3) is 0 Å². The zero-order chi connectivity index (χ0) is 24.5. The number of hydrogen-bond donors (Lipinski definition) is 4. The average molecular weight is 467 g/mol. The summed E-state index contributed by atoms with van der Waals surface area (Å²) in [6.07, 6.45) is 14.4. The van der Waals surface area contributed by atoms with E-state index in [2.05, 4.69) is 42.8 Å². The van der Waals surface area contributed by atoms with Crippen LogP contribution >= 0.6 is 7.82 Å². The summed E-state index contributed by atoms with van der Waals surface area (Å²) in [5, 5.41) is 11.2. The van der Waals surface area contributed by atoms with Crippen LogP contribution in [-0.2, 0) is 18.7 Å². The molecule has 0 fully saturated rings. The van der Waals surface area contributed by atoms with E-state index in [0.717, 1.165) is 12.0 Å². The molecular weight excluding hydrogens is 433 g/mol. The normalized spacial score (nSPS) is 19.0. The molecule has 0 bridgehead atoms. The van der Waals surface area contributed by atoms with Gasteiger partial charge in [0.1, 0.15) is 0 Å². The number of carbonyl (C=O) groups excluding carboxylic acids is 1. The van der Waals surface area contributed by atoms with Crippen molar-refractivity contribution < 1.29 is 33.6 Å². The van der Waals surface area contributed by atoms with E-state index >= 15 is 0 Å². The SMILES string of the molecule is CC1=C(/C=C/C(C)=C/C=C/C(C)=C/C(=O)NC(COP(=O)(O)O)C(=O)O)C(C)(C)CCC1. The van der Waals surface area contributed by atoms with Gasteiger partial charge < -0.3 is 20.2 Å². The smallest absolute Gasteiger partial charge is 0.469 e. The number of allylic oxidation sites excluding steroid dienone is 9. The third-order valence-electron chi connectivity index (χ3n) is 5.16. The Morgan fingerprint density at radius 1 is 1.22 bits per heavy atom. The number of amides is 1. The Hall–Kier alpha value is -2.25. The Morgan fingerprint density at radius 3 is 2.44 bits per heavy atom. The third-order valence-corrected chi connectivity index (χ3v) is 5.64. The van der Waals surface area contributed by atoms with Crippen LogP contribution in [0.2, 0.25) is 0 Å². The molecule has 0 aromatic heterocycles. The van der Waals surface area contributed by atoms with Crippen molar-refractivity contribution in [2.75, 3.05) is 6.61 Å². The molecular formula is C23H34NO7P. The first-order chi connectivity index (χ1) is 14.7. The topological polar surface area (TPSA) is 133 Å². The predicted octanol–water partition coefficient (Wildman–Crippen LogP) is 4.20. The molecule has 0 aromatic rings. The molecule has 0 aliphatic heterocycles. The minimum atomic E-state index is -4.84. The highest BCUT2D eigenvalue weighted by atomic mass is 31.2. The van der Waals surface area contributed by atoms with Crippen molar-refractivity contribution in [1.82, 2.24) is 5.32 Å². The van der Waals surface area contributed by atoms with Crippen molar-refractivity contribution in [3.8, 4) is 0 Å². The minimum absolute atomic E-state index is 0.172. The quantitative estimate of drug-likeness (QED) is 0.215. The predicted molar refractivity (Wildman–Crippen MR) is 124 cm³/mol. The van der Waals surface area contributed by atoms with E-state index in [-0.39, 0.29) is 5.41 Å². The summed E-state index contributed by atoms with van der Waals surface area (Å²) in [6, 6.07) is -1.59. The van der Waals surface area contributed by atoms with Crippen LogP contribution in [0.3, 0.4) is 0 Å². The van der Waals surface area contributed by atoms with Gasteiger partial charge in [-0.15, -0.1) is 0 Å². The zero-order valence-corrected chi connectivity index (χ0v) is 20.2. The summed E-state index contributed by atoms with van der Waals surface area (Å²) < 4.78 is 14.9. The van der Waals surface area contributed by atoms with Gasteiger partial charge in [0.25, 0.3) is 0 Å². The second kappa shape index (κ2) is 12.1. The van der Waals surface area contributed by atoms with Crippen molar-refractivity contribution in [2.24, 2.45) is 5.41 Å². The Morgan fingerprint density at radius 2 is 1.88 bits per heavy atom. The fourth-order valence-corrected chi connectivity index (χ4v) is 3.79. The molecule has 0 spiro atoms. The fourth-order valence-electron chi connectivity index (χ4n) is 3.45. The van der Waals surface area contributed by atoms with Gasteiger partial charge in [-0.1, -0.05) is 55.4 Å². The van der Waals surface area contributed by atoms with Crippen LogP contribution < -0.4 is 5.32 Å². The highest BCUT2D eigenvalue weighted by Crippen LogP contribution is 2.40. The summed E-state index contributed by atoms with van der Waals surface area (Å²) in [5.41, 5.74) is 4.59. The van der Waals surface area contributed by atoms with E-state index < -0.39 is 32.3 Å². The van der Waals surface area contributed by atoms with Crippen molar-refractivity contribution in [3.05, 3.63) is 58.7 Å². The number of nitrogens with one attached hydrogen (secondary N) is 1. The van der Waals surface area contributed by atoms with Gasteiger partial charge in [0.2, 0.25) is 5.91 Å².